The van der Waals surface area contributed by atoms with Crippen molar-refractivity contribution in [1.29, 1.82) is 0 Å². The van der Waals surface area contributed by atoms with Crippen molar-refractivity contribution in [3.63, 3.8) is 0 Å². The van der Waals surface area contributed by atoms with Gasteiger partial charge in [0.25, 0.3) is 5.91 Å². The summed E-state index contributed by atoms with van der Waals surface area (Å²) in [6.45, 7) is 6.13. The largest absolute Gasteiger partial charge is 0.386 e. The highest BCUT2D eigenvalue weighted by atomic mass is 19.1. The predicted octanol–water partition coefficient (Wildman–Crippen LogP) is 3.07. The average molecular weight is 397 g/mol. The number of alkyl halides is 1. The lowest BCUT2D eigenvalue weighted by atomic mass is 9.97. The molecule has 1 unspecified atom stereocenters. The summed E-state index contributed by atoms with van der Waals surface area (Å²) < 4.78 is 15.4. The van der Waals surface area contributed by atoms with Gasteiger partial charge in [-0.1, -0.05) is 12.1 Å². The first-order valence-electron chi connectivity index (χ1n) is 9.61. The molecule has 152 valence electrons. The molecule has 1 aliphatic heterocycles. The second-order valence-electron chi connectivity index (χ2n) is 7.98. The maximum atomic E-state index is 13.7. The van der Waals surface area contributed by atoms with E-state index in [0.29, 0.717) is 42.4 Å². The summed E-state index contributed by atoms with van der Waals surface area (Å²) in [6, 6.07) is 10.3. The minimum absolute atomic E-state index is 0.295. The molecular formula is C21H24FN5O2. The molecule has 1 amide bonds. The van der Waals surface area contributed by atoms with Gasteiger partial charge in [-0.05, 0) is 44.9 Å². The van der Waals surface area contributed by atoms with Crippen LogP contribution >= 0.6 is 0 Å². The normalized spacial score (nSPS) is 17.1. The zero-order valence-corrected chi connectivity index (χ0v) is 16.7. The molecule has 3 heterocycles. The number of hydrogen-bond donors (Lipinski definition) is 2. The summed E-state index contributed by atoms with van der Waals surface area (Å²) in [5.74, 6) is 0.776. The molecule has 1 atom stereocenters. The number of rotatable bonds is 4. The Hall–Kier alpha value is -3.00. The highest BCUT2D eigenvalue weighted by Crippen LogP contribution is 2.26. The van der Waals surface area contributed by atoms with Crippen LogP contribution in [0.2, 0.25) is 0 Å². The molecule has 1 aromatic carbocycles. The third-order valence-electron chi connectivity index (χ3n) is 5.08. The third kappa shape index (κ3) is 3.93. The van der Waals surface area contributed by atoms with Crippen LogP contribution in [0.1, 0.15) is 41.9 Å². The average Bonchev–Trinajstić information content (AvgIpc) is 3.25. The minimum Gasteiger partial charge on any atom is -0.386 e. The van der Waals surface area contributed by atoms with Gasteiger partial charge >= 0.3 is 0 Å². The molecule has 0 bridgehead atoms. The van der Waals surface area contributed by atoms with Crippen LogP contribution in [-0.2, 0) is 5.60 Å². The number of halogens is 1. The van der Waals surface area contributed by atoms with Gasteiger partial charge in [0.15, 0.2) is 5.65 Å². The Bertz CT molecular complexity index is 1060. The van der Waals surface area contributed by atoms with E-state index in [4.69, 9.17) is 0 Å². The van der Waals surface area contributed by atoms with Crippen LogP contribution in [0, 0.1) is 6.92 Å². The van der Waals surface area contributed by atoms with Crippen molar-refractivity contribution in [3.05, 3.63) is 53.2 Å². The molecule has 8 heteroatoms. The van der Waals surface area contributed by atoms with Gasteiger partial charge in [0, 0.05) is 24.2 Å². The predicted molar refractivity (Wildman–Crippen MR) is 109 cm³/mol. The van der Waals surface area contributed by atoms with E-state index in [1.807, 2.05) is 17.9 Å². The van der Waals surface area contributed by atoms with Gasteiger partial charge in [-0.3, -0.25) is 4.79 Å². The zero-order valence-electron chi connectivity index (χ0n) is 16.7. The Morgan fingerprint density at radius 2 is 2.00 bits per heavy atom. The van der Waals surface area contributed by atoms with E-state index in [2.05, 4.69) is 15.4 Å². The second kappa shape index (κ2) is 7.11. The van der Waals surface area contributed by atoms with Crippen molar-refractivity contribution < 1.29 is 14.3 Å². The Labute approximate surface area is 168 Å². The van der Waals surface area contributed by atoms with Gasteiger partial charge < -0.3 is 15.3 Å². The van der Waals surface area contributed by atoms with E-state index >= 15 is 0 Å². The van der Waals surface area contributed by atoms with Crippen molar-refractivity contribution >= 4 is 23.2 Å². The molecule has 0 spiro atoms. The van der Waals surface area contributed by atoms with E-state index in [9.17, 15) is 14.3 Å². The van der Waals surface area contributed by atoms with Crippen LogP contribution in [0.3, 0.4) is 0 Å². The number of anilines is 2. The SMILES string of the molecule is Cc1cc2nc(NC(=O)c3ccc(C(C)(C)O)cc3)cc(N3CCC(F)C3)n2n1. The zero-order chi connectivity index (χ0) is 20.8. The molecular weight excluding hydrogens is 373 g/mol. The van der Waals surface area contributed by atoms with Gasteiger partial charge in [0.1, 0.15) is 17.8 Å². The monoisotopic (exact) mass is 397 g/mol. The molecule has 7 nitrogen and oxygen atoms in total. The van der Waals surface area contributed by atoms with E-state index in [1.54, 1.807) is 48.7 Å². The lowest BCUT2D eigenvalue weighted by Crippen LogP contribution is -2.24. The van der Waals surface area contributed by atoms with Crippen LogP contribution in [0.15, 0.2) is 36.4 Å². The standard InChI is InChI=1S/C21H24FN5O2/c1-13-10-18-23-17(11-19(27(18)25-13)26-9-8-16(22)12-26)24-20(28)14-4-6-15(7-5-14)21(2,3)29/h4-7,10-11,16,29H,8-9,12H2,1-3H3,(H,23,24,28). The smallest absolute Gasteiger partial charge is 0.256 e. The molecule has 2 aromatic heterocycles. The first-order valence-corrected chi connectivity index (χ1v) is 9.61. The van der Waals surface area contributed by atoms with Crippen molar-refractivity contribution in [2.24, 2.45) is 0 Å². The highest BCUT2D eigenvalue weighted by Gasteiger charge is 2.25. The lowest BCUT2D eigenvalue weighted by Gasteiger charge is -2.19. The molecule has 0 saturated carbocycles. The number of nitrogens with one attached hydrogen (secondary N) is 1. The molecule has 1 fully saturated rings. The number of aryl methyl sites for hydroxylation is 1. The van der Waals surface area contributed by atoms with Crippen LogP contribution in [0.4, 0.5) is 16.0 Å². The Kier molecular flexibility index (Phi) is 4.74. The number of fused-ring (bicyclic) bond motifs is 1. The summed E-state index contributed by atoms with van der Waals surface area (Å²) in [5, 5.41) is 17.3. The maximum Gasteiger partial charge on any atom is 0.256 e. The van der Waals surface area contributed by atoms with Gasteiger partial charge in [0.2, 0.25) is 0 Å². The number of benzene rings is 1. The molecule has 0 aliphatic carbocycles. The molecule has 1 aliphatic rings. The highest BCUT2D eigenvalue weighted by molar-refractivity contribution is 6.04. The lowest BCUT2D eigenvalue weighted by molar-refractivity contribution is 0.0785. The van der Waals surface area contributed by atoms with E-state index in [0.717, 1.165) is 11.3 Å². The van der Waals surface area contributed by atoms with Crippen LogP contribution in [-0.4, -0.2) is 44.9 Å². The fraction of sp³-hybridized carbons (Fsp3) is 0.381. The summed E-state index contributed by atoms with van der Waals surface area (Å²) in [4.78, 5) is 19.1. The van der Waals surface area contributed by atoms with Crippen LogP contribution in [0.5, 0.6) is 0 Å². The van der Waals surface area contributed by atoms with Crippen molar-refractivity contribution in [1.82, 2.24) is 14.6 Å². The fourth-order valence-electron chi connectivity index (χ4n) is 3.51. The van der Waals surface area contributed by atoms with Crippen molar-refractivity contribution in [2.75, 3.05) is 23.3 Å². The molecule has 29 heavy (non-hydrogen) atoms. The first kappa shape index (κ1) is 19.3. The second-order valence-corrected chi connectivity index (χ2v) is 7.98. The molecule has 3 aromatic rings. The fourth-order valence-corrected chi connectivity index (χ4v) is 3.51. The Morgan fingerprint density at radius 3 is 2.62 bits per heavy atom. The van der Waals surface area contributed by atoms with E-state index in [1.165, 1.54) is 0 Å². The minimum atomic E-state index is -0.972. The van der Waals surface area contributed by atoms with Gasteiger partial charge in [-0.25, -0.2) is 9.37 Å². The molecule has 1 saturated heterocycles. The van der Waals surface area contributed by atoms with Crippen molar-refractivity contribution in [2.45, 2.75) is 39.0 Å². The van der Waals surface area contributed by atoms with Gasteiger partial charge in [-0.2, -0.15) is 9.61 Å². The summed E-state index contributed by atoms with van der Waals surface area (Å²) >= 11 is 0. The molecule has 2 N–H and O–H groups in total. The molecule has 4 rings (SSSR count). The van der Waals surface area contributed by atoms with E-state index in [-0.39, 0.29) is 5.91 Å². The van der Waals surface area contributed by atoms with Gasteiger partial charge in [-0.15, -0.1) is 0 Å². The van der Waals surface area contributed by atoms with E-state index < -0.39 is 11.8 Å². The number of carbonyl (C=O) groups is 1. The maximum absolute atomic E-state index is 13.7. The van der Waals surface area contributed by atoms with Crippen molar-refractivity contribution in [3.8, 4) is 0 Å². The third-order valence-corrected chi connectivity index (χ3v) is 5.08. The quantitative estimate of drug-likeness (QED) is 0.707. The Balaban J connectivity index is 1.63. The number of aliphatic hydroxyl groups is 1. The Morgan fingerprint density at radius 1 is 1.28 bits per heavy atom. The van der Waals surface area contributed by atoms with Crippen LogP contribution < -0.4 is 10.2 Å². The van der Waals surface area contributed by atoms with Gasteiger partial charge in [0.05, 0.1) is 17.8 Å². The summed E-state index contributed by atoms with van der Waals surface area (Å²) in [6.07, 6.45) is -0.401. The first-order chi connectivity index (χ1) is 13.7. The number of carbonyl (C=O) groups excluding carboxylic acids is 1. The molecule has 0 radical (unpaired) electrons. The number of aromatic nitrogens is 3. The summed E-state index contributed by atoms with van der Waals surface area (Å²) in [7, 11) is 0. The number of amides is 1. The number of nitrogens with zero attached hydrogens (tertiary/aromatic N) is 4. The van der Waals surface area contributed by atoms with Crippen LogP contribution in [0.25, 0.3) is 5.65 Å². The number of hydrogen-bond acceptors (Lipinski definition) is 5. The summed E-state index contributed by atoms with van der Waals surface area (Å²) in [5.41, 5.74) is 1.59. The topological polar surface area (TPSA) is 82.8 Å².